The first-order valence-electron chi connectivity index (χ1n) is 6.74. The first-order chi connectivity index (χ1) is 10.7. The number of hydrogen-bond acceptors (Lipinski definition) is 3. The lowest BCUT2D eigenvalue weighted by atomic mass is 10.2. The maximum atomic E-state index is 12.1. The molecule has 0 radical (unpaired) electrons. The number of carbonyl (C=O) groups is 1. The third kappa shape index (κ3) is 3.78. The Morgan fingerprint density at radius 1 is 1.14 bits per heavy atom. The van der Waals surface area contributed by atoms with Gasteiger partial charge in [-0.3, -0.25) is 9.78 Å². The van der Waals surface area contributed by atoms with Crippen LogP contribution >= 0.6 is 34.4 Å². The molecule has 0 saturated heterocycles. The fourth-order valence-electron chi connectivity index (χ4n) is 2.10. The molecule has 0 saturated carbocycles. The zero-order chi connectivity index (χ0) is 15.4. The molecule has 1 heterocycles. The lowest BCUT2D eigenvalue weighted by molar-refractivity contribution is -0.113. The van der Waals surface area contributed by atoms with Crippen LogP contribution in [0.5, 0.6) is 0 Å². The van der Waals surface area contributed by atoms with Crippen molar-refractivity contribution in [3.8, 4) is 0 Å². The van der Waals surface area contributed by atoms with E-state index < -0.39 is 0 Å². The van der Waals surface area contributed by atoms with Gasteiger partial charge in [-0.05, 0) is 52.9 Å². The van der Waals surface area contributed by atoms with Gasteiger partial charge in [0.05, 0.1) is 11.3 Å². The first-order valence-corrected chi connectivity index (χ1v) is 8.81. The fraction of sp³-hybridized carbons (Fsp3) is 0.0588. The molecule has 1 aromatic heterocycles. The number of carbonyl (C=O) groups excluding carboxylic acids is 1. The molecular formula is C17H13IN2OS. The number of para-hydroxylation sites is 1. The number of amides is 1. The van der Waals surface area contributed by atoms with E-state index >= 15 is 0 Å². The van der Waals surface area contributed by atoms with E-state index in [4.69, 9.17) is 0 Å². The van der Waals surface area contributed by atoms with Crippen molar-refractivity contribution in [2.24, 2.45) is 0 Å². The minimum absolute atomic E-state index is 0.00658. The number of nitrogens with one attached hydrogen (secondary N) is 1. The van der Waals surface area contributed by atoms with Gasteiger partial charge < -0.3 is 5.32 Å². The molecule has 0 spiro atoms. The summed E-state index contributed by atoms with van der Waals surface area (Å²) in [4.78, 5) is 17.5. The number of nitrogens with zero attached hydrogens (tertiary/aromatic N) is 1. The average molecular weight is 420 g/mol. The summed E-state index contributed by atoms with van der Waals surface area (Å²) in [5.41, 5.74) is 1.78. The van der Waals surface area contributed by atoms with E-state index in [0.29, 0.717) is 5.75 Å². The van der Waals surface area contributed by atoms with Gasteiger partial charge in [0.25, 0.3) is 0 Å². The van der Waals surface area contributed by atoms with Crippen LogP contribution in [-0.2, 0) is 4.79 Å². The van der Waals surface area contributed by atoms with Crippen LogP contribution in [0.2, 0.25) is 0 Å². The Kier molecular flexibility index (Phi) is 4.94. The topological polar surface area (TPSA) is 42.0 Å². The molecule has 3 aromatic rings. The van der Waals surface area contributed by atoms with E-state index in [1.807, 2.05) is 54.6 Å². The number of thioether (sulfide) groups is 1. The van der Waals surface area contributed by atoms with Gasteiger partial charge in [0.15, 0.2) is 0 Å². The second-order valence-electron chi connectivity index (χ2n) is 4.67. The van der Waals surface area contributed by atoms with Crippen LogP contribution in [-0.4, -0.2) is 16.6 Å². The van der Waals surface area contributed by atoms with Crippen LogP contribution < -0.4 is 5.32 Å². The molecule has 1 N–H and O–H groups in total. The summed E-state index contributed by atoms with van der Waals surface area (Å²) < 4.78 is 1.10. The van der Waals surface area contributed by atoms with Crippen molar-refractivity contribution >= 4 is 56.9 Å². The highest BCUT2D eigenvalue weighted by atomic mass is 127. The van der Waals surface area contributed by atoms with Gasteiger partial charge in [-0.15, -0.1) is 11.8 Å². The molecule has 1 amide bonds. The van der Waals surface area contributed by atoms with Crippen molar-refractivity contribution in [2.75, 3.05) is 11.1 Å². The number of aromatic nitrogens is 1. The number of pyridine rings is 1. The Balaban J connectivity index is 1.68. The smallest absolute Gasteiger partial charge is 0.234 e. The number of rotatable bonds is 4. The molecule has 0 unspecified atom stereocenters. The van der Waals surface area contributed by atoms with Gasteiger partial charge in [0.2, 0.25) is 5.91 Å². The van der Waals surface area contributed by atoms with E-state index in [-0.39, 0.29) is 5.91 Å². The van der Waals surface area contributed by atoms with E-state index in [0.717, 1.165) is 25.1 Å². The molecule has 2 aromatic carbocycles. The summed E-state index contributed by atoms with van der Waals surface area (Å²) in [6, 6.07) is 17.7. The number of halogens is 1. The van der Waals surface area contributed by atoms with E-state index in [1.54, 1.807) is 6.20 Å². The minimum Gasteiger partial charge on any atom is -0.325 e. The van der Waals surface area contributed by atoms with Gasteiger partial charge in [-0.2, -0.15) is 0 Å². The molecule has 22 heavy (non-hydrogen) atoms. The third-order valence-electron chi connectivity index (χ3n) is 3.08. The zero-order valence-corrected chi connectivity index (χ0v) is 14.6. The molecule has 3 rings (SSSR count). The van der Waals surface area contributed by atoms with Gasteiger partial charge in [0, 0.05) is 25.7 Å². The third-order valence-corrected chi connectivity index (χ3v) is 4.82. The normalized spacial score (nSPS) is 10.6. The Bertz CT molecular complexity index is 817. The predicted octanol–water partition coefficient (Wildman–Crippen LogP) is 4.57. The van der Waals surface area contributed by atoms with Crippen LogP contribution in [0.4, 0.5) is 5.69 Å². The molecule has 3 nitrogen and oxygen atoms in total. The fourth-order valence-corrected chi connectivity index (χ4v) is 3.49. The van der Waals surface area contributed by atoms with Crippen LogP contribution in [0.15, 0.2) is 65.7 Å². The highest BCUT2D eigenvalue weighted by molar-refractivity contribution is 14.1. The number of hydrogen-bond donors (Lipinski definition) is 1. The lowest BCUT2D eigenvalue weighted by Gasteiger charge is -2.07. The average Bonchev–Trinajstić information content (AvgIpc) is 2.53. The van der Waals surface area contributed by atoms with E-state index in [9.17, 15) is 4.79 Å². The molecule has 0 fully saturated rings. The summed E-state index contributed by atoms with van der Waals surface area (Å²) in [5.74, 6) is 0.368. The summed E-state index contributed by atoms with van der Waals surface area (Å²) in [6.45, 7) is 0. The zero-order valence-electron chi connectivity index (χ0n) is 11.6. The minimum atomic E-state index is -0.00658. The Labute approximate surface area is 146 Å². The molecule has 110 valence electrons. The van der Waals surface area contributed by atoms with Crippen LogP contribution in [0.3, 0.4) is 0 Å². The Morgan fingerprint density at radius 3 is 2.86 bits per heavy atom. The van der Waals surface area contributed by atoms with Crippen molar-refractivity contribution in [1.82, 2.24) is 4.98 Å². The summed E-state index contributed by atoms with van der Waals surface area (Å²) in [5, 5.41) is 4.00. The SMILES string of the molecule is O=C(CSc1ccnc2ccccc12)Nc1cccc(I)c1. The van der Waals surface area contributed by atoms with Gasteiger partial charge in [-0.1, -0.05) is 24.3 Å². The van der Waals surface area contributed by atoms with Gasteiger partial charge >= 0.3 is 0 Å². The molecule has 0 aliphatic heterocycles. The van der Waals surface area contributed by atoms with Crippen LogP contribution in [0.1, 0.15) is 0 Å². The summed E-state index contributed by atoms with van der Waals surface area (Å²) in [6.07, 6.45) is 1.78. The number of benzene rings is 2. The summed E-state index contributed by atoms with van der Waals surface area (Å²) in [7, 11) is 0. The largest absolute Gasteiger partial charge is 0.325 e. The number of anilines is 1. The van der Waals surface area contributed by atoms with Crippen LogP contribution in [0, 0.1) is 3.57 Å². The highest BCUT2D eigenvalue weighted by Gasteiger charge is 2.07. The Hall–Kier alpha value is -1.60. The van der Waals surface area contributed by atoms with Crippen molar-refractivity contribution in [3.05, 3.63) is 64.4 Å². The predicted molar refractivity (Wildman–Crippen MR) is 100 cm³/mol. The lowest BCUT2D eigenvalue weighted by Crippen LogP contribution is -2.14. The maximum Gasteiger partial charge on any atom is 0.234 e. The standard InChI is InChI=1S/C17H13IN2OS/c18-12-4-3-5-13(10-12)20-17(21)11-22-16-8-9-19-15-7-2-1-6-14(15)16/h1-10H,11H2,(H,20,21). The maximum absolute atomic E-state index is 12.1. The quantitative estimate of drug-likeness (QED) is 0.497. The number of fused-ring (bicyclic) bond motifs is 1. The van der Waals surface area contributed by atoms with E-state index in [2.05, 4.69) is 32.9 Å². The van der Waals surface area contributed by atoms with Crippen molar-refractivity contribution < 1.29 is 4.79 Å². The van der Waals surface area contributed by atoms with Gasteiger partial charge in [-0.25, -0.2) is 0 Å². The van der Waals surface area contributed by atoms with Crippen LogP contribution in [0.25, 0.3) is 10.9 Å². The molecular weight excluding hydrogens is 407 g/mol. The second-order valence-corrected chi connectivity index (χ2v) is 6.94. The Morgan fingerprint density at radius 2 is 2.00 bits per heavy atom. The first kappa shape index (κ1) is 15.3. The molecule has 0 aliphatic carbocycles. The van der Waals surface area contributed by atoms with Crippen molar-refractivity contribution in [2.45, 2.75) is 4.90 Å². The molecule has 0 atom stereocenters. The second kappa shape index (κ2) is 7.11. The highest BCUT2D eigenvalue weighted by Crippen LogP contribution is 2.26. The van der Waals surface area contributed by atoms with Crippen molar-refractivity contribution in [1.29, 1.82) is 0 Å². The van der Waals surface area contributed by atoms with E-state index in [1.165, 1.54) is 11.8 Å². The molecule has 0 bridgehead atoms. The molecule has 0 aliphatic rings. The van der Waals surface area contributed by atoms with Crippen molar-refractivity contribution in [3.63, 3.8) is 0 Å². The van der Waals surface area contributed by atoms with Gasteiger partial charge in [0.1, 0.15) is 0 Å². The summed E-state index contributed by atoms with van der Waals surface area (Å²) >= 11 is 3.76. The monoisotopic (exact) mass is 420 g/mol. The molecule has 5 heteroatoms.